The highest BCUT2D eigenvalue weighted by atomic mass is 32.2. The summed E-state index contributed by atoms with van der Waals surface area (Å²) in [7, 11) is 0. The number of ether oxygens (including phenoxy) is 2. The van der Waals surface area contributed by atoms with E-state index in [4.69, 9.17) is 4.74 Å². The predicted molar refractivity (Wildman–Crippen MR) is 118 cm³/mol. The van der Waals surface area contributed by atoms with Crippen molar-refractivity contribution < 1.29 is 37.0 Å². The minimum absolute atomic E-state index is 0.0527. The lowest BCUT2D eigenvalue weighted by Gasteiger charge is -2.33. The summed E-state index contributed by atoms with van der Waals surface area (Å²) in [5.41, 5.74) is 0.116. The van der Waals surface area contributed by atoms with E-state index in [-0.39, 0.29) is 23.5 Å². The van der Waals surface area contributed by atoms with Gasteiger partial charge in [-0.1, -0.05) is 30.3 Å². The van der Waals surface area contributed by atoms with Crippen molar-refractivity contribution in [3.63, 3.8) is 0 Å². The lowest BCUT2D eigenvalue weighted by atomic mass is 10.1. The lowest BCUT2D eigenvalue weighted by Crippen LogP contribution is -2.53. The minimum Gasteiger partial charge on any atom is -0.443 e. The Balaban J connectivity index is 1.85. The molecule has 1 atom stereocenters. The maximum Gasteiger partial charge on any atom is 0.573 e. The summed E-state index contributed by atoms with van der Waals surface area (Å²) in [6.45, 7) is 4.90. The molecule has 2 heterocycles. The van der Waals surface area contributed by atoms with E-state index in [0.29, 0.717) is 4.90 Å². The molecule has 3 amide bonds. The fourth-order valence-corrected chi connectivity index (χ4v) is 5.23. The van der Waals surface area contributed by atoms with E-state index >= 15 is 0 Å². The second kappa shape index (κ2) is 8.23. The Bertz CT molecular complexity index is 1150. The van der Waals surface area contributed by atoms with Crippen LogP contribution in [0.2, 0.25) is 0 Å². The minimum atomic E-state index is -4.96. The highest BCUT2D eigenvalue weighted by Gasteiger charge is 2.63. The van der Waals surface area contributed by atoms with Crippen molar-refractivity contribution in [2.75, 3.05) is 10.7 Å². The first-order chi connectivity index (χ1) is 15.8. The molecule has 2 aliphatic rings. The number of halogens is 3. The highest BCUT2D eigenvalue weighted by molar-refractivity contribution is 8.02. The smallest absolute Gasteiger partial charge is 0.443 e. The Kier molecular flexibility index (Phi) is 5.79. The second-order valence-electron chi connectivity index (χ2n) is 8.75. The average molecular weight is 494 g/mol. The summed E-state index contributed by atoms with van der Waals surface area (Å²) < 4.78 is 48.2. The highest BCUT2D eigenvalue weighted by Crippen LogP contribution is 2.56. The topological polar surface area (TPSA) is 76.2 Å². The SMILES string of the molecule is CC(C)(C)OC(=O)N1C(=O)CS[C@]12C(=O)N(Cc1ccccc1)c1ccc(OC(F)(F)F)cc12. The van der Waals surface area contributed by atoms with E-state index in [1.807, 2.05) is 0 Å². The van der Waals surface area contributed by atoms with Crippen LogP contribution >= 0.6 is 11.8 Å². The maximum absolute atomic E-state index is 13.9. The molecule has 4 rings (SSSR count). The number of nitrogens with zero attached hydrogens (tertiary/aromatic N) is 2. The molecule has 2 aromatic carbocycles. The van der Waals surface area contributed by atoms with Crippen LogP contribution in [0.25, 0.3) is 0 Å². The van der Waals surface area contributed by atoms with E-state index in [0.717, 1.165) is 29.5 Å². The summed E-state index contributed by atoms with van der Waals surface area (Å²) in [6, 6.07) is 12.4. The molecule has 0 N–H and O–H groups in total. The van der Waals surface area contributed by atoms with Crippen LogP contribution in [0.4, 0.5) is 23.7 Å². The van der Waals surface area contributed by atoms with Crippen molar-refractivity contribution >= 4 is 35.4 Å². The van der Waals surface area contributed by atoms with E-state index in [1.165, 1.54) is 11.0 Å². The fourth-order valence-electron chi connectivity index (χ4n) is 3.91. The van der Waals surface area contributed by atoms with Gasteiger partial charge >= 0.3 is 12.5 Å². The molecule has 180 valence electrons. The van der Waals surface area contributed by atoms with Crippen LogP contribution in [0.1, 0.15) is 31.9 Å². The third-order valence-electron chi connectivity index (χ3n) is 5.12. The zero-order valence-electron chi connectivity index (χ0n) is 18.5. The number of hydrogen-bond donors (Lipinski definition) is 0. The van der Waals surface area contributed by atoms with Gasteiger partial charge in [0.25, 0.3) is 5.91 Å². The maximum atomic E-state index is 13.9. The number of amides is 3. The fraction of sp³-hybridized carbons (Fsp3) is 0.348. The standard InChI is InChI=1S/C23H21F3N2O5S/c1-21(2,3)33-20(31)28-18(29)13-34-22(28)16-11-15(32-23(24,25)26)9-10-17(16)27(19(22)30)12-14-7-5-4-6-8-14/h4-11H,12-13H2,1-3H3/t22-/m1/s1. The summed E-state index contributed by atoms with van der Waals surface area (Å²) in [6.07, 6.45) is -6.01. The van der Waals surface area contributed by atoms with Gasteiger partial charge in [-0.25, -0.2) is 9.69 Å². The third-order valence-corrected chi connectivity index (χ3v) is 6.51. The van der Waals surface area contributed by atoms with Gasteiger partial charge < -0.3 is 14.4 Å². The zero-order valence-corrected chi connectivity index (χ0v) is 19.3. The Hall–Kier alpha value is -3.21. The molecule has 0 bridgehead atoms. The van der Waals surface area contributed by atoms with Crippen LogP contribution in [0.15, 0.2) is 48.5 Å². The summed E-state index contributed by atoms with van der Waals surface area (Å²) in [5, 5.41) is 0. The molecule has 7 nitrogen and oxygen atoms in total. The van der Waals surface area contributed by atoms with Crippen molar-refractivity contribution in [1.29, 1.82) is 0 Å². The zero-order chi connectivity index (χ0) is 24.9. The number of thioether (sulfide) groups is 1. The molecule has 2 aliphatic heterocycles. The molecule has 1 saturated heterocycles. The van der Waals surface area contributed by atoms with Gasteiger partial charge in [0.15, 0.2) is 0 Å². The van der Waals surface area contributed by atoms with Crippen LogP contribution in [0.5, 0.6) is 5.75 Å². The first-order valence-corrected chi connectivity index (χ1v) is 11.3. The number of fused-ring (bicyclic) bond motifs is 2. The van der Waals surface area contributed by atoms with E-state index in [9.17, 15) is 27.6 Å². The number of rotatable bonds is 3. The third kappa shape index (κ3) is 4.31. The molecular formula is C23H21F3N2O5S. The van der Waals surface area contributed by atoms with Crippen molar-refractivity contribution in [2.45, 2.75) is 44.2 Å². The number of imide groups is 1. The molecule has 0 aromatic heterocycles. The lowest BCUT2D eigenvalue weighted by molar-refractivity contribution is -0.274. The largest absolute Gasteiger partial charge is 0.573 e. The van der Waals surface area contributed by atoms with Crippen molar-refractivity contribution in [2.24, 2.45) is 0 Å². The first kappa shape index (κ1) is 23.9. The predicted octanol–water partition coefficient (Wildman–Crippen LogP) is 4.80. The molecule has 1 fully saturated rings. The number of hydrogen-bond acceptors (Lipinski definition) is 6. The first-order valence-electron chi connectivity index (χ1n) is 10.3. The summed E-state index contributed by atoms with van der Waals surface area (Å²) >= 11 is 0.862. The molecule has 0 saturated carbocycles. The van der Waals surface area contributed by atoms with E-state index < -0.39 is 40.5 Å². The summed E-state index contributed by atoms with van der Waals surface area (Å²) in [5.74, 6) is -2.10. The normalized spacial score (nSPS) is 20.2. The van der Waals surface area contributed by atoms with Gasteiger partial charge in [-0.2, -0.15) is 0 Å². The molecule has 0 aliphatic carbocycles. The van der Waals surface area contributed by atoms with Crippen molar-refractivity contribution in [3.05, 3.63) is 59.7 Å². The Morgan fingerprint density at radius 2 is 1.76 bits per heavy atom. The Morgan fingerprint density at radius 1 is 1.09 bits per heavy atom. The van der Waals surface area contributed by atoms with E-state index in [2.05, 4.69) is 4.74 Å². The Morgan fingerprint density at radius 3 is 2.38 bits per heavy atom. The number of anilines is 1. The van der Waals surface area contributed by atoms with Crippen LogP contribution in [0.3, 0.4) is 0 Å². The van der Waals surface area contributed by atoms with E-state index in [1.54, 1.807) is 51.1 Å². The summed E-state index contributed by atoms with van der Waals surface area (Å²) in [4.78, 5) is 39.9. The number of benzene rings is 2. The molecule has 34 heavy (non-hydrogen) atoms. The van der Waals surface area contributed by atoms with Crippen molar-refractivity contribution in [1.82, 2.24) is 4.90 Å². The monoisotopic (exact) mass is 494 g/mol. The average Bonchev–Trinajstić information content (AvgIpc) is 3.17. The molecule has 11 heteroatoms. The quantitative estimate of drug-likeness (QED) is 0.611. The van der Waals surface area contributed by atoms with Crippen LogP contribution < -0.4 is 9.64 Å². The molecule has 2 aromatic rings. The number of alkyl halides is 3. The van der Waals surface area contributed by atoms with Gasteiger partial charge in [0.1, 0.15) is 11.4 Å². The van der Waals surface area contributed by atoms with Gasteiger partial charge in [-0.3, -0.25) is 9.59 Å². The number of carbonyl (C=O) groups excluding carboxylic acids is 3. The van der Waals surface area contributed by atoms with Gasteiger partial charge in [0, 0.05) is 5.56 Å². The van der Waals surface area contributed by atoms with Gasteiger partial charge in [-0.05, 0) is 44.5 Å². The number of carbonyl (C=O) groups is 3. The van der Waals surface area contributed by atoms with Crippen molar-refractivity contribution in [3.8, 4) is 5.75 Å². The van der Waals surface area contributed by atoms with Gasteiger partial charge in [0.05, 0.1) is 18.0 Å². The van der Waals surface area contributed by atoms with Crippen LogP contribution in [0, 0.1) is 0 Å². The van der Waals surface area contributed by atoms with Crippen LogP contribution in [-0.2, 0) is 25.7 Å². The molecule has 0 unspecified atom stereocenters. The molecule has 0 radical (unpaired) electrons. The van der Waals surface area contributed by atoms with Gasteiger partial charge in [0.2, 0.25) is 10.8 Å². The van der Waals surface area contributed by atoms with Crippen LogP contribution in [-0.4, -0.2) is 40.5 Å². The molecule has 1 spiro atoms. The Labute approximate surface area is 197 Å². The second-order valence-corrected chi connectivity index (χ2v) is 9.91. The molecular weight excluding hydrogens is 473 g/mol. The van der Waals surface area contributed by atoms with Gasteiger partial charge in [-0.15, -0.1) is 24.9 Å².